The fourth-order valence-electron chi connectivity index (χ4n) is 8.73. The Morgan fingerprint density at radius 1 is 0.978 bits per heavy atom. The van der Waals surface area contributed by atoms with E-state index in [1.165, 1.54) is 24.8 Å². The first-order valence-electron chi connectivity index (χ1n) is 16.9. The van der Waals surface area contributed by atoms with Gasteiger partial charge in [-0.05, 0) is 93.3 Å². The fourth-order valence-corrected chi connectivity index (χ4v) is 10.0. The molecule has 4 fully saturated rings. The molecule has 0 spiro atoms. The van der Waals surface area contributed by atoms with E-state index in [9.17, 15) is 18.0 Å². The number of fused-ring (bicyclic) bond motifs is 7. The highest BCUT2D eigenvalue weighted by Gasteiger charge is 2.64. The Labute approximate surface area is 270 Å². The Kier molecular flexibility index (Phi) is 7.07. The molecule has 4 atom stereocenters. The predicted molar refractivity (Wildman–Crippen MR) is 176 cm³/mol. The number of amides is 2. The Morgan fingerprint density at radius 3 is 2.41 bits per heavy atom. The first kappa shape index (κ1) is 30.0. The number of nitrogens with one attached hydrogen (secondary N) is 1. The van der Waals surface area contributed by atoms with Gasteiger partial charge in [-0.2, -0.15) is 0 Å². The summed E-state index contributed by atoms with van der Waals surface area (Å²) in [7, 11) is -2.01. The fraction of sp³-hybridized carbons (Fsp3) is 0.556. The monoisotopic (exact) mass is 645 g/mol. The number of nitrogens with zero attached hydrogens (tertiary/aromatic N) is 2. The van der Waals surface area contributed by atoms with Gasteiger partial charge in [-0.1, -0.05) is 25.3 Å². The van der Waals surface area contributed by atoms with Crippen LogP contribution in [0.25, 0.3) is 22.2 Å². The number of hydrogen-bond acceptors (Lipinski definition) is 6. The zero-order chi connectivity index (χ0) is 32.0. The quantitative estimate of drug-likeness (QED) is 0.368. The third kappa shape index (κ3) is 4.86. The molecule has 3 saturated carbocycles. The molecule has 1 saturated heterocycles. The van der Waals surface area contributed by atoms with E-state index in [0.717, 1.165) is 52.7 Å². The second kappa shape index (κ2) is 10.8. The normalized spacial score (nSPS) is 27.7. The van der Waals surface area contributed by atoms with Crippen LogP contribution in [0.15, 0.2) is 36.4 Å². The van der Waals surface area contributed by atoms with Crippen molar-refractivity contribution in [2.24, 2.45) is 5.41 Å². The minimum absolute atomic E-state index is 0.0340. The molecule has 10 heteroatoms. The van der Waals surface area contributed by atoms with Crippen LogP contribution in [-0.2, 0) is 26.1 Å². The van der Waals surface area contributed by atoms with Gasteiger partial charge >= 0.3 is 0 Å². The molecular weight excluding hydrogens is 602 g/mol. The Balaban J connectivity index is 1.31. The van der Waals surface area contributed by atoms with E-state index in [4.69, 9.17) is 9.47 Å². The van der Waals surface area contributed by atoms with Crippen LogP contribution in [-0.4, -0.2) is 67.4 Å². The standard InChI is InChI=1S/C36H43N3O6S/c1-21-18-38(19-22(2)45-21)35(41)36-17-30(36)29-16-25(44-3)10-14-27(29)33-32(23-7-5-4-6-8-23)28-13-9-24(15-31(28)39(33)20-36)34(40)37-46(42,43)26-11-12-26/h9-10,13-16,21-23,26,30H,4-8,11-12,17-20H2,1-3H3,(H,37,40)/t21-,22+,30?,36?. The summed E-state index contributed by atoms with van der Waals surface area (Å²) in [5.74, 6) is 0.739. The van der Waals surface area contributed by atoms with Crippen molar-refractivity contribution in [3.05, 3.63) is 53.1 Å². The first-order valence-corrected chi connectivity index (χ1v) is 18.5. The number of sulfonamides is 1. The van der Waals surface area contributed by atoms with Crippen molar-refractivity contribution in [1.82, 2.24) is 14.2 Å². The molecule has 1 N–H and O–H groups in total. The third-order valence-electron chi connectivity index (χ3n) is 11.1. The highest BCUT2D eigenvalue weighted by molar-refractivity contribution is 7.91. The molecule has 0 radical (unpaired) electrons. The van der Waals surface area contributed by atoms with Gasteiger partial charge in [0.05, 0.1) is 35.7 Å². The maximum Gasteiger partial charge on any atom is 0.264 e. The smallest absolute Gasteiger partial charge is 0.264 e. The molecule has 0 bridgehead atoms. The van der Waals surface area contributed by atoms with Gasteiger partial charge in [0.2, 0.25) is 15.9 Å². The van der Waals surface area contributed by atoms with Crippen LogP contribution in [0.3, 0.4) is 0 Å². The van der Waals surface area contributed by atoms with Gasteiger partial charge in [-0.3, -0.25) is 9.59 Å². The summed E-state index contributed by atoms with van der Waals surface area (Å²) in [5, 5.41) is 0.597. The van der Waals surface area contributed by atoms with E-state index >= 15 is 0 Å². The number of benzene rings is 2. The summed E-state index contributed by atoms with van der Waals surface area (Å²) >= 11 is 0. The van der Waals surface area contributed by atoms with Gasteiger partial charge in [0.1, 0.15) is 5.75 Å². The van der Waals surface area contributed by atoms with Crippen LogP contribution in [0, 0.1) is 5.41 Å². The third-order valence-corrected chi connectivity index (χ3v) is 12.9. The maximum atomic E-state index is 14.7. The van der Waals surface area contributed by atoms with E-state index in [1.807, 2.05) is 36.9 Å². The van der Waals surface area contributed by atoms with Crippen molar-refractivity contribution >= 4 is 32.7 Å². The highest BCUT2D eigenvalue weighted by atomic mass is 32.2. The Morgan fingerprint density at radius 2 is 1.72 bits per heavy atom. The molecule has 2 amide bonds. The van der Waals surface area contributed by atoms with E-state index in [2.05, 4.69) is 21.4 Å². The molecule has 1 aromatic heterocycles. The molecule has 5 aliphatic rings. The zero-order valence-electron chi connectivity index (χ0n) is 26.9. The van der Waals surface area contributed by atoms with Crippen LogP contribution in [0.2, 0.25) is 0 Å². The zero-order valence-corrected chi connectivity index (χ0v) is 27.7. The van der Waals surface area contributed by atoms with E-state index in [0.29, 0.717) is 44.0 Å². The molecule has 8 rings (SSSR count). The maximum absolute atomic E-state index is 14.7. The van der Waals surface area contributed by atoms with Crippen LogP contribution < -0.4 is 9.46 Å². The van der Waals surface area contributed by atoms with Crippen molar-refractivity contribution in [3.63, 3.8) is 0 Å². The minimum Gasteiger partial charge on any atom is -0.497 e. The number of morpholine rings is 1. The summed E-state index contributed by atoms with van der Waals surface area (Å²) in [6.07, 6.45) is 7.60. The molecule has 3 aromatic rings. The lowest BCUT2D eigenvalue weighted by Gasteiger charge is -2.37. The summed E-state index contributed by atoms with van der Waals surface area (Å²) in [6.45, 7) is 5.67. The minimum atomic E-state index is -3.69. The summed E-state index contributed by atoms with van der Waals surface area (Å²) in [5.41, 5.74) is 5.26. The summed E-state index contributed by atoms with van der Waals surface area (Å²) < 4.78 is 41.7. The molecule has 244 valence electrons. The van der Waals surface area contributed by atoms with E-state index in [1.54, 1.807) is 13.2 Å². The van der Waals surface area contributed by atoms with Gasteiger partial charge in [0.25, 0.3) is 5.91 Å². The number of rotatable bonds is 6. The SMILES string of the molecule is COc1ccc2c(c1)C1CC1(C(=O)N1C[C@@H](C)O[C@@H](C)C1)Cn1c-2c(C2CCCCC2)c2ccc(C(=O)NS(=O)(=O)C3CC3)cc21. The molecular formula is C36H43N3O6S. The van der Waals surface area contributed by atoms with E-state index in [-0.39, 0.29) is 24.0 Å². The molecule has 3 aliphatic carbocycles. The number of aromatic nitrogens is 1. The van der Waals surface area contributed by atoms with Crippen molar-refractivity contribution < 1.29 is 27.5 Å². The number of hydrogen-bond donors (Lipinski definition) is 1. The van der Waals surface area contributed by atoms with Crippen molar-refractivity contribution in [2.75, 3.05) is 20.2 Å². The second-order valence-electron chi connectivity index (χ2n) is 14.4. The number of methoxy groups -OCH3 is 1. The molecule has 2 aliphatic heterocycles. The van der Waals surface area contributed by atoms with Crippen LogP contribution in [0.1, 0.15) is 98.5 Å². The van der Waals surface area contributed by atoms with Gasteiger partial charge in [-0.25, -0.2) is 13.1 Å². The topological polar surface area (TPSA) is 107 Å². The van der Waals surface area contributed by atoms with Crippen molar-refractivity contribution in [2.45, 2.75) is 101 Å². The lowest BCUT2D eigenvalue weighted by molar-refractivity contribution is -0.149. The highest BCUT2D eigenvalue weighted by Crippen LogP contribution is 2.66. The number of carbonyl (C=O) groups is 2. The van der Waals surface area contributed by atoms with Crippen LogP contribution in [0.4, 0.5) is 0 Å². The molecule has 9 nitrogen and oxygen atoms in total. The largest absolute Gasteiger partial charge is 0.497 e. The van der Waals surface area contributed by atoms with Crippen molar-refractivity contribution in [1.29, 1.82) is 0 Å². The van der Waals surface area contributed by atoms with Crippen LogP contribution in [0.5, 0.6) is 5.75 Å². The van der Waals surface area contributed by atoms with E-state index < -0.39 is 26.6 Å². The molecule has 2 unspecified atom stereocenters. The molecule has 46 heavy (non-hydrogen) atoms. The lowest BCUT2D eigenvalue weighted by Crippen LogP contribution is -2.51. The van der Waals surface area contributed by atoms with Gasteiger partial charge in [-0.15, -0.1) is 0 Å². The predicted octanol–water partition coefficient (Wildman–Crippen LogP) is 5.71. The molecule has 2 aromatic carbocycles. The first-order chi connectivity index (χ1) is 22.1. The number of carbonyl (C=O) groups excluding carboxylic acids is 2. The van der Waals surface area contributed by atoms with Gasteiger partial charge in [0, 0.05) is 47.6 Å². The second-order valence-corrected chi connectivity index (χ2v) is 16.4. The van der Waals surface area contributed by atoms with Crippen molar-refractivity contribution in [3.8, 4) is 17.0 Å². The lowest BCUT2D eigenvalue weighted by atomic mass is 9.81. The number of ether oxygens (including phenoxy) is 2. The Bertz CT molecular complexity index is 1850. The average molecular weight is 646 g/mol. The Hall–Kier alpha value is -3.37. The molecule has 3 heterocycles. The van der Waals surface area contributed by atoms with Crippen LogP contribution >= 0.6 is 0 Å². The average Bonchev–Trinajstić information content (AvgIpc) is 3.97. The van der Waals surface area contributed by atoms with Gasteiger partial charge < -0.3 is 18.9 Å². The van der Waals surface area contributed by atoms with Gasteiger partial charge in [0.15, 0.2) is 0 Å². The summed E-state index contributed by atoms with van der Waals surface area (Å²) in [6, 6.07) is 11.9. The summed E-state index contributed by atoms with van der Waals surface area (Å²) in [4.78, 5) is 30.1.